The molecule has 5 unspecified atom stereocenters. The molecule has 0 saturated carbocycles. The molecule has 0 fully saturated rings. The zero-order chi connectivity index (χ0) is 85.1. The zero-order valence-electron chi connectivity index (χ0n) is 73.8. The van der Waals surface area contributed by atoms with E-state index in [2.05, 4.69) is 191 Å². The van der Waals surface area contributed by atoms with Crippen molar-refractivity contribution < 1.29 is 75.8 Å². The number of aliphatic hydroxyl groups is 2. The van der Waals surface area contributed by atoms with Gasteiger partial charge in [-0.25, -0.2) is 9.13 Å². The van der Waals surface area contributed by atoms with Crippen molar-refractivity contribution in [3.63, 3.8) is 0 Å². The third-order valence-corrected chi connectivity index (χ3v) is 21.3. The summed E-state index contributed by atoms with van der Waals surface area (Å²) in [5, 5.41) is 20.7. The molecule has 0 aromatic rings. The first-order valence-corrected chi connectivity index (χ1v) is 49.4. The first-order valence-electron chi connectivity index (χ1n) is 46.4. The van der Waals surface area contributed by atoms with Crippen LogP contribution in [0.1, 0.15) is 380 Å². The third-order valence-electron chi connectivity index (χ3n) is 19.4. The highest BCUT2D eigenvalue weighted by molar-refractivity contribution is 7.47. The fraction of sp³-hybridized carbons (Fsp3) is 0.687. The standard InChI is InChI=1S/C99H168O16P2/c1-4-7-10-13-16-19-22-25-28-31-34-37-40-42-43-44-45-46-47-48-49-51-54-55-58-61-64-67-70-73-76-79-82-85-97(102)109-88-94(100)89-111-116(105,106)112-90-95(101)91-113-117(107,108)114-93-96(115-99(104)87-84-81-78-75-72-69-66-63-60-57-52-39-36-33-30-27-24-21-18-15-12-9-6-3)92-110-98(103)86-83-80-77-74-71-68-65-62-59-56-53-50-41-38-35-32-29-26-23-20-17-14-11-8-5-2/h7-8,10-11,16-21,25-30,34-39,42-43,50,53,57,60,94-96,100-101H,4-6,9,12-15,22-24,31-33,40-41,44-49,51-52,54-56,58-59,61-93H2,1-3H3,(H,105,106)(H,107,108)/b10-7-,11-8-,19-16-,20-17-,21-18-,28-25-,29-26-,30-27-,37-34-,38-35-,39-36-,43-42-,53-50-,60-57-. The number of ether oxygens (including phenoxy) is 3. The fourth-order valence-electron chi connectivity index (χ4n) is 12.4. The molecule has 0 rings (SSSR count). The Morgan fingerprint density at radius 2 is 0.453 bits per heavy atom. The molecule has 4 N–H and O–H groups in total. The molecular weight excluding hydrogens is 1510 g/mol. The normalized spacial score (nSPS) is 14.6. The number of rotatable bonds is 87. The Morgan fingerprint density at radius 3 is 0.718 bits per heavy atom. The largest absolute Gasteiger partial charge is 0.472 e. The second-order valence-corrected chi connectivity index (χ2v) is 33.6. The number of unbranched alkanes of at least 4 members (excludes halogenated alkanes) is 36. The maximum absolute atomic E-state index is 13.1. The monoisotopic (exact) mass is 1680 g/mol. The van der Waals surface area contributed by atoms with Crippen molar-refractivity contribution in [3.8, 4) is 0 Å². The van der Waals surface area contributed by atoms with Gasteiger partial charge in [0.2, 0.25) is 0 Å². The van der Waals surface area contributed by atoms with E-state index in [0.717, 1.165) is 180 Å². The number of carbonyl (C=O) groups excluding carboxylic acids is 3. The molecular formula is C99H168O16P2. The molecule has 0 spiro atoms. The van der Waals surface area contributed by atoms with Crippen LogP contribution in [0, 0.1) is 0 Å². The van der Waals surface area contributed by atoms with Crippen molar-refractivity contribution in [2.24, 2.45) is 0 Å². The van der Waals surface area contributed by atoms with E-state index in [1.54, 1.807) is 0 Å². The number of hydrogen-bond acceptors (Lipinski definition) is 14. The van der Waals surface area contributed by atoms with E-state index in [1.165, 1.54) is 141 Å². The Labute approximate surface area is 713 Å². The van der Waals surface area contributed by atoms with Crippen LogP contribution in [0.25, 0.3) is 0 Å². The molecule has 117 heavy (non-hydrogen) atoms. The van der Waals surface area contributed by atoms with Gasteiger partial charge in [-0.05, 0) is 154 Å². The first kappa shape index (κ1) is 112. The first-order chi connectivity index (χ1) is 57.2. The highest BCUT2D eigenvalue weighted by Gasteiger charge is 2.29. The molecule has 0 aliphatic heterocycles. The molecule has 670 valence electrons. The number of phosphoric acid groups is 2. The molecule has 0 aliphatic carbocycles. The van der Waals surface area contributed by atoms with Gasteiger partial charge in [-0.3, -0.25) is 32.5 Å². The van der Waals surface area contributed by atoms with Crippen molar-refractivity contribution in [2.45, 2.75) is 399 Å². The van der Waals surface area contributed by atoms with Crippen molar-refractivity contribution >= 4 is 33.6 Å². The fourth-order valence-corrected chi connectivity index (χ4v) is 14.0. The lowest BCUT2D eigenvalue weighted by atomic mass is 10.0. The van der Waals surface area contributed by atoms with E-state index < -0.39 is 91.5 Å². The zero-order valence-corrected chi connectivity index (χ0v) is 75.6. The minimum Gasteiger partial charge on any atom is -0.463 e. The second kappa shape index (κ2) is 90.2. The molecule has 0 aromatic carbocycles. The van der Waals surface area contributed by atoms with E-state index in [-0.39, 0.29) is 19.3 Å². The summed E-state index contributed by atoms with van der Waals surface area (Å²) in [7, 11) is -9.82. The number of esters is 3. The minimum absolute atomic E-state index is 0.0866. The highest BCUT2D eigenvalue weighted by atomic mass is 31.2. The molecule has 0 bridgehead atoms. The summed E-state index contributed by atoms with van der Waals surface area (Å²) in [6, 6.07) is 0. The maximum atomic E-state index is 13.1. The van der Waals surface area contributed by atoms with Gasteiger partial charge in [-0.15, -0.1) is 0 Å². The SMILES string of the molecule is CC/C=C\C/C=C\C/C=C\C/C=C\C/C=C\CCCCCCCCCCCCCCCCCCCC(=O)OCC(O)COP(=O)(O)OCC(O)COP(=O)(O)OCC(COC(=O)CCCCCCCCCCC/C=C\C/C=C\C/C=C\C/C=C\C/C=C\CC)OC(=O)CCCCCCCCC/C=C\C/C=C\C/C=C\C/C=C\CCCCC. The molecule has 0 amide bonds. The van der Waals surface area contributed by atoms with Crippen LogP contribution in [-0.4, -0.2) is 95.9 Å². The van der Waals surface area contributed by atoms with Gasteiger partial charge in [0.05, 0.1) is 26.4 Å². The van der Waals surface area contributed by atoms with Crippen LogP contribution in [-0.2, 0) is 55.8 Å². The summed E-state index contributed by atoms with van der Waals surface area (Å²) in [6.45, 7) is 2.45. The van der Waals surface area contributed by atoms with Crippen LogP contribution < -0.4 is 0 Å². The summed E-state index contributed by atoms with van der Waals surface area (Å²) in [5.41, 5.74) is 0. The van der Waals surface area contributed by atoms with Crippen LogP contribution in [0.3, 0.4) is 0 Å². The number of phosphoric ester groups is 2. The van der Waals surface area contributed by atoms with Crippen LogP contribution in [0.5, 0.6) is 0 Å². The average molecular weight is 1680 g/mol. The van der Waals surface area contributed by atoms with Crippen LogP contribution >= 0.6 is 15.6 Å². The molecule has 0 aliphatic rings. The maximum Gasteiger partial charge on any atom is 0.472 e. The van der Waals surface area contributed by atoms with E-state index >= 15 is 0 Å². The predicted molar refractivity (Wildman–Crippen MR) is 491 cm³/mol. The van der Waals surface area contributed by atoms with Gasteiger partial charge in [0.1, 0.15) is 25.4 Å². The Hall–Kier alpha value is -5.09. The van der Waals surface area contributed by atoms with Crippen molar-refractivity contribution in [2.75, 3.05) is 39.6 Å². The molecule has 5 atom stereocenters. The smallest absolute Gasteiger partial charge is 0.463 e. The summed E-state index contributed by atoms with van der Waals surface area (Å²) >= 11 is 0. The van der Waals surface area contributed by atoms with Gasteiger partial charge in [0, 0.05) is 19.3 Å². The van der Waals surface area contributed by atoms with Gasteiger partial charge in [0.25, 0.3) is 0 Å². The van der Waals surface area contributed by atoms with Gasteiger partial charge < -0.3 is 34.2 Å². The van der Waals surface area contributed by atoms with E-state index in [4.69, 9.17) is 32.3 Å². The third kappa shape index (κ3) is 91.5. The Balaban J connectivity index is 4.59. The van der Waals surface area contributed by atoms with Crippen molar-refractivity contribution in [3.05, 3.63) is 170 Å². The highest BCUT2D eigenvalue weighted by Crippen LogP contribution is 2.45. The average Bonchev–Trinajstić information content (AvgIpc) is 0.896. The number of allylic oxidation sites excluding steroid dienone is 28. The predicted octanol–water partition coefficient (Wildman–Crippen LogP) is 28.7. The number of hydrogen-bond donors (Lipinski definition) is 4. The van der Waals surface area contributed by atoms with Gasteiger partial charge in [0.15, 0.2) is 6.10 Å². The second-order valence-electron chi connectivity index (χ2n) is 30.7. The van der Waals surface area contributed by atoms with Gasteiger partial charge >= 0.3 is 33.6 Å². The Bertz CT molecular complexity index is 2810. The molecule has 18 heteroatoms. The Morgan fingerprint density at radius 1 is 0.248 bits per heavy atom. The van der Waals surface area contributed by atoms with E-state index in [1.807, 2.05) is 0 Å². The Kier molecular flexibility index (Phi) is 86.2. The molecule has 0 radical (unpaired) electrons. The lowest BCUT2D eigenvalue weighted by Crippen LogP contribution is -2.30. The van der Waals surface area contributed by atoms with E-state index in [9.17, 15) is 43.5 Å². The number of carbonyl (C=O) groups is 3. The molecule has 0 saturated heterocycles. The van der Waals surface area contributed by atoms with Gasteiger partial charge in [-0.1, -0.05) is 377 Å². The topological polar surface area (TPSA) is 231 Å². The molecule has 16 nitrogen and oxygen atoms in total. The minimum atomic E-state index is -4.95. The summed E-state index contributed by atoms with van der Waals surface area (Å²) in [6.07, 6.45) is 117. The molecule has 0 aromatic heterocycles. The van der Waals surface area contributed by atoms with Crippen LogP contribution in [0.2, 0.25) is 0 Å². The summed E-state index contributed by atoms with van der Waals surface area (Å²) in [5.74, 6) is -1.59. The summed E-state index contributed by atoms with van der Waals surface area (Å²) in [4.78, 5) is 59.0. The van der Waals surface area contributed by atoms with Crippen molar-refractivity contribution in [1.29, 1.82) is 0 Å². The van der Waals surface area contributed by atoms with Gasteiger partial charge in [-0.2, -0.15) is 0 Å². The van der Waals surface area contributed by atoms with Crippen LogP contribution in [0.4, 0.5) is 0 Å². The van der Waals surface area contributed by atoms with E-state index in [0.29, 0.717) is 19.3 Å². The lowest BCUT2D eigenvalue weighted by Gasteiger charge is -2.21. The molecule has 0 heterocycles. The number of aliphatic hydroxyl groups excluding tert-OH is 2. The summed E-state index contributed by atoms with van der Waals surface area (Å²) < 4.78 is 61.5. The quantitative estimate of drug-likeness (QED) is 0.0146. The van der Waals surface area contributed by atoms with Crippen LogP contribution in [0.15, 0.2) is 170 Å². The lowest BCUT2D eigenvalue weighted by molar-refractivity contribution is -0.161. The van der Waals surface area contributed by atoms with Crippen molar-refractivity contribution in [1.82, 2.24) is 0 Å².